The Bertz CT molecular complexity index is 508. The number of halogens is 1. The average Bonchev–Trinajstić information content (AvgIpc) is 2.48. The monoisotopic (exact) mass is 293 g/mol. The average molecular weight is 293 g/mol. The first-order chi connectivity index (χ1) is 10.1. The Morgan fingerprint density at radius 1 is 1.33 bits per heavy atom. The van der Waals surface area contributed by atoms with E-state index in [9.17, 15) is 9.18 Å². The molecule has 0 aromatic heterocycles. The fraction of sp³-hybridized carbons (Fsp3) is 0.588. The minimum Gasteiger partial charge on any atom is -0.466 e. The maximum atomic E-state index is 13.8. The number of hydrogen-bond donors (Lipinski definition) is 0. The lowest BCUT2D eigenvalue weighted by molar-refractivity contribution is -0.148. The highest BCUT2D eigenvalue weighted by atomic mass is 19.1. The van der Waals surface area contributed by atoms with Crippen LogP contribution in [0.1, 0.15) is 37.8 Å². The van der Waals surface area contributed by atoms with E-state index < -0.39 is 0 Å². The Labute approximate surface area is 126 Å². The smallest absolute Gasteiger partial charge is 0.309 e. The number of rotatable bonds is 4. The second-order valence-electron chi connectivity index (χ2n) is 5.54. The van der Waals surface area contributed by atoms with E-state index in [1.54, 1.807) is 6.07 Å². The van der Waals surface area contributed by atoms with Gasteiger partial charge in [-0.05, 0) is 56.4 Å². The van der Waals surface area contributed by atoms with E-state index in [1.807, 2.05) is 26.8 Å². The zero-order valence-electron chi connectivity index (χ0n) is 13.1. The standard InChI is InChI=1S/C17H24FNO2/c1-4-14-12(3)16(7-6-15(14)18)19-10-8-13(9-11-19)17(20)21-5-2/h6-7,13H,4-5,8-11H2,1-3H3. The SMILES string of the molecule is CCOC(=O)C1CCN(c2ccc(F)c(CC)c2C)CC1. The first-order valence-electron chi connectivity index (χ1n) is 7.78. The van der Waals surface area contributed by atoms with Gasteiger partial charge in [-0.1, -0.05) is 6.92 Å². The Morgan fingerprint density at radius 2 is 2.00 bits per heavy atom. The van der Waals surface area contributed by atoms with Crippen LogP contribution in [-0.4, -0.2) is 25.7 Å². The van der Waals surface area contributed by atoms with Crippen LogP contribution >= 0.6 is 0 Å². The number of esters is 1. The quantitative estimate of drug-likeness (QED) is 0.796. The molecule has 0 amide bonds. The van der Waals surface area contributed by atoms with E-state index in [2.05, 4.69) is 4.90 Å². The maximum Gasteiger partial charge on any atom is 0.309 e. The number of hydrogen-bond acceptors (Lipinski definition) is 3. The van der Waals surface area contributed by atoms with Gasteiger partial charge in [0.05, 0.1) is 12.5 Å². The molecule has 1 fully saturated rings. The highest BCUT2D eigenvalue weighted by Gasteiger charge is 2.27. The van der Waals surface area contributed by atoms with E-state index >= 15 is 0 Å². The van der Waals surface area contributed by atoms with Crippen LogP contribution in [0.2, 0.25) is 0 Å². The summed E-state index contributed by atoms with van der Waals surface area (Å²) < 4.78 is 18.9. The molecule has 0 radical (unpaired) electrons. The number of carbonyl (C=O) groups excluding carboxylic acids is 1. The fourth-order valence-corrected chi connectivity index (χ4v) is 3.10. The molecule has 1 aromatic rings. The summed E-state index contributed by atoms with van der Waals surface area (Å²) in [5, 5.41) is 0. The van der Waals surface area contributed by atoms with Crippen LogP contribution in [0.4, 0.5) is 10.1 Å². The van der Waals surface area contributed by atoms with Crippen molar-refractivity contribution in [2.75, 3.05) is 24.6 Å². The van der Waals surface area contributed by atoms with Gasteiger partial charge in [0.1, 0.15) is 5.82 Å². The third kappa shape index (κ3) is 3.36. The molecule has 0 atom stereocenters. The van der Waals surface area contributed by atoms with Crippen LogP contribution in [0.15, 0.2) is 12.1 Å². The second-order valence-corrected chi connectivity index (χ2v) is 5.54. The predicted molar refractivity (Wildman–Crippen MR) is 82.1 cm³/mol. The molecule has 0 unspecified atom stereocenters. The van der Waals surface area contributed by atoms with Gasteiger partial charge in [-0.25, -0.2) is 4.39 Å². The third-order valence-electron chi connectivity index (χ3n) is 4.32. The van der Waals surface area contributed by atoms with Crippen molar-refractivity contribution < 1.29 is 13.9 Å². The minimum atomic E-state index is -0.125. The molecule has 116 valence electrons. The third-order valence-corrected chi connectivity index (χ3v) is 4.32. The molecule has 1 saturated heterocycles. The Balaban J connectivity index is 2.07. The highest BCUT2D eigenvalue weighted by molar-refractivity contribution is 5.73. The predicted octanol–water partition coefficient (Wildman–Crippen LogP) is 3.48. The number of nitrogens with zero attached hydrogens (tertiary/aromatic N) is 1. The first-order valence-corrected chi connectivity index (χ1v) is 7.78. The zero-order chi connectivity index (χ0) is 15.4. The van der Waals surface area contributed by atoms with Crippen LogP contribution in [-0.2, 0) is 16.0 Å². The summed E-state index contributed by atoms with van der Waals surface area (Å²) in [5.74, 6) is -0.199. The van der Waals surface area contributed by atoms with Gasteiger partial charge < -0.3 is 9.64 Å². The van der Waals surface area contributed by atoms with Crippen molar-refractivity contribution >= 4 is 11.7 Å². The first kappa shape index (κ1) is 15.8. The summed E-state index contributed by atoms with van der Waals surface area (Å²) in [6.07, 6.45) is 2.30. The number of benzene rings is 1. The molecule has 0 spiro atoms. The van der Waals surface area contributed by atoms with Gasteiger partial charge in [-0.3, -0.25) is 4.79 Å². The number of anilines is 1. The van der Waals surface area contributed by atoms with Crippen LogP contribution in [0.3, 0.4) is 0 Å². The Hall–Kier alpha value is -1.58. The summed E-state index contributed by atoms with van der Waals surface area (Å²) in [6, 6.07) is 3.41. The maximum absolute atomic E-state index is 13.8. The normalized spacial score (nSPS) is 16.1. The molecular weight excluding hydrogens is 269 g/mol. The van der Waals surface area contributed by atoms with Crippen LogP contribution in [0.25, 0.3) is 0 Å². The lowest BCUT2D eigenvalue weighted by Gasteiger charge is -2.34. The minimum absolute atomic E-state index is 0.00704. The molecule has 1 aromatic carbocycles. The molecule has 1 aliphatic rings. The summed E-state index contributed by atoms with van der Waals surface area (Å²) in [4.78, 5) is 14.0. The lowest BCUT2D eigenvalue weighted by atomic mass is 9.95. The summed E-state index contributed by atoms with van der Waals surface area (Å²) in [6.45, 7) is 7.87. The summed E-state index contributed by atoms with van der Waals surface area (Å²) in [5.41, 5.74) is 2.91. The van der Waals surface area contributed by atoms with Crippen molar-refractivity contribution in [3.63, 3.8) is 0 Å². The van der Waals surface area contributed by atoms with Gasteiger partial charge in [0.15, 0.2) is 0 Å². The number of carbonyl (C=O) groups is 1. The second kappa shape index (κ2) is 6.92. The lowest BCUT2D eigenvalue weighted by Crippen LogP contribution is -2.37. The van der Waals surface area contributed by atoms with E-state index in [-0.39, 0.29) is 17.7 Å². The van der Waals surface area contributed by atoms with Gasteiger partial charge in [0.2, 0.25) is 0 Å². The molecule has 0 saturated carbocycles. The van der Waals surface area contributed by atoms with Crippen molar-refractivity contribution in [3.8, 4) is 0 Å². The molecule has 21 heavy (non-hydrogen) atoms. The van der Waals surface area contributed by atoms with Crippen LogP contribution in [0.5, 0.6) is 0 Å². The number of piperidine rings is 1. The van der Waals surface area contributed by atoms with Crippen molar-refractivity contribution in [3.05, 3.63) is 29.1 Å². The van der Waals surface area contributed by atoms with E-state index in [4.69, 9.17) is 4.74 Å². The number of ether oxygens (including phenoxy) is 1. The summed E-state index contributed by atoms with van der Waals surface area (Å²) >= 11 is 0. The van der Waals surface area contributed by atoms with Gasteiger partial charge >= 0.3 is 5.97 Å². The molecule has 0 bridgehead atoms. The molecule has 2 rings (SSSR count). The molecule has 0 N–H and O–H groups in total. The molecule has 4 heteroatoms. The molecular formula is C17H24FNO2. The van der Waals surface area contributed by atoms with E-state index in [0.717, 1.165) is 42.7 Å². The molecule has 3 nitrogen and oxygen atoms in total. The van der Waals surface area contributed by atoms with Gasteiger partial charge in [-0.2, -0.15) is 0 Å². The van der Waals surface area contributed by atoms with E-state index in [0.29, 0.717) is 13.0 Å². The largest absolute Gasteiger partial charge is 0.466 e. The van der Waals surface area contributed by atoms with Gasteiger partial charge in [-0.15, -0.1) is 0 Å². The van der Waals surface area contributed by atoms with Crippen molar-refractivity contribution in [1.82, 2.24) is 0 Å². The molecule has 1 heterocycles. The fourth-order valence-electron chi connectivity index (χ4n) is 3.10. The van der Waals surface area contributed by atoms with Gasteiger partial charge in [0, 0.05) is 18.8 Å². The van der Waals surface area contributed by atoms with Gasteiger partial charge in [0.25, 0.3) is 0 Å². The zero-order valence-corrected chi connectivity index (χ0v) is 13.1. The summed E-state index contributed by atoms with van der Waals surface area (Å²) in [7, 11) is 0. The topological polar surface area (TPSA) is 29.5 Å². The Morgan fingerprint density at radius 3 is 2.57 bits per heavy atom. The molecule has 0 aliphatic carbocycles. The van der Waals surface area contributed by atoms with E-state index in [1.165, 1.54) is 0 Å². The van der Waals surface area contributed by atoms with Crippen LogP contribution < -0.4 is 4.90 Å². The molecule has 1 aliphatic heterocycles. The highest BCUT2D eigenvalue weighted by Crippen LogP contribution is 2.30. The van der Waals surface area contributed by atoms with Crippen LogP contribution in [0, 0.1) is 18.7 Å². The Kier molecular flexibility index (Phi) is 5.21. The van der Waals surface area contributed by atoms with Crippen molar-refractivity contribution in [2.24, 2.45) is 5.92 Å². The van der Waals surface area contributed by atoms with Crippen molar-refractivity contribution in [1.29, 1.82) is 0 Å². The van der Waals surface area contributed by atoms with Crippen molar-refractivity contribution in [2.45, 2.75) is 40.0 Å².